The number of sulfonamides is 1. The fourth-order valence-electron chi connectivity index (χ4n) is 1.89. The summed E-state index contributed by atoms with van der Waals surface area (Å²) in [4.78, 5) is 0. The van der Waals surface area contributed by atoms with Crippen LogP contribution < -0.4 is 10.0 Å². The largest absolute Gasteiger partial charge is 0.379 e. The van der Waals surface area contributed by atoms with Gasteiger partial charge in [0.2, 0.25) is 10.0 Å². The lowest BCUT2D eigenvalue weighted by Crippen LogP contribution is -2.10. The van der Waals surface area contributed by atoms with Gasteiger partial charge in [-0.25, -0.2) is 8.42 Å². The van der Waals surface area contributed by atoms with E-state index in [1.54, 1.807) is 24.4 Å². The van der Waals surface area contributed by atoms with Crippen LogP contribution in [-0.2, 0) is 23.1 Å². The molecule has 0 saturated carbocycles. The summed E-state index contributed by atoms with van der Waals surface area (Å²) in [6.45, 7) is 3.49. The number of anilines is 2. The Kier molecular flexibility index (Phi) is 4.29. The molecule has 7 heteroatoms. The molecule has 1 heterocycles. The Morgan fingerprint density at radius 1 is 1.25 bits per heavy atom. The maximum Gasteiger partial charge on any atom is 0.229 e. The Balaban J connectivity index is 2.05. The van der Waals surface area contributed by atoms with E-state index in [1.807, 2.05) is 23.7 Å². The lowest BCUT2D eigenvalue weighted by atomic mass is 10.3. The summed E-state index contributed by atoms with van der Waals surface area (Å²) in [5, 5.41) is 7.45. The standard InChI is InChI=1S/C13H18N4O2S/c1-3-17-13(7-8-15-17)10-14-11-5-4-6-12(9-11)16-20(2,18)19/h4-9,14,16H,3,10H2,1-2H3. The van der Waals surface area contributed by atoms with Crippen molar-refractivity contribution in [3.63, 3.8) is 0 Å². The molecule has 20 heavy (non-hydrogen) atoms. The minimum atomic E-state index is -3.25. The molecule has 2 rings (SSSR count). The Hall–Kier alpha value is -2.02. The van der Waals surface area contributed by atoms with Gasteiger partial charge in [-0.2, -0.15) is 5.10 Å². The normalized spacial score (nSPS) is 11.3. The second-order valence-corrected chi connectivity index (χ2v) is 6.20. The molecule has 0 aliphatic heterocycles. The van der Waals surface area contributed by atoms with Crippen molar-refractivity contribution in [1.29, 1.82) is 0 Å². The molecule has 0 spiro atoms. The van der Waals surface area contributed by atoms with Crippen LogP contribution in [0.1, 0.15) is 12.6 Å². The first kappa shape index (κ1) is 14.4. The van der Waals surface area contributed by atoms with Crippen molar-refractivity contribution in [1.82, 2.24) is 9.78 Å². The van der Waals surface area contributed by atoms with Crippen molar-refractivity contribution in [2.45, 2.75) is 20.0 Å². The van der Waals surface area contributed by atoms with E-state index in [9.17, 15) is 8.42 Å². The van der Waals surface area contributed by atoms with Gasteiger partial charge in [-0.1, -0.05) is 6.07 Å². The van der Waals surface area contributed by atoms with Crippen LogP contribution in [0.15, 0.2) is 36.5 Å². The summed E-state index contributed by atoms with van der Waals surface area (Å²) in [6.07, 6.45) is 2.90. The van der Waals surface area contributed by atoms with Crippen LogP contribution >= 0.6 is 0 Å². The topological polar surface area (TPSA) is 76.0 Å². The highest BCUT2D eigenvalue weighted by Gasteiger charge is 2.03. The van der Waals surface area contributed by atoms with Crippen molar-refractivity contribution < 1.29 is 8.42 Å². The quantitative estimate of drug-likeness (QED) is 0.853. The molecular formula is C13H18N4O2S. The molecule has 6 nitrogen and oxygen atoms in total. The van der Waals surface area contributed by atoms with Gasteiger partial charge in [-0.15, -0.1) is 0 Å². The van der Waals surface area contributed by atoms with Crippen molar-refractivity contribution in [2.24, 2.45) is 0 Å². The summed E-state index contributed by atoms with van der Waals surface area (Å²) >= 11 is 0. The monoisotopic (exact) mass is 294 g/mol. The van der Waals surface area contributed by atoms with Crippen molar-refractivity contribution in [2.75, 3.05) is 16.3 Å². The lowest BCUT2D eigenvalue weighted by Gasteiger charge is -2.10. The van der Waals surface area contributed by atoms with Gasteiger partial charge >= 0.3 is 0 Å². The molecule has 0 bridgehead atoms. The number of aromatic nitrogens is 2. The predicted molar refractivity (Wildman–Crippen MR) is 80.1 cm³/mol. The van der Waals surface area contributed by atoms with Gasteiger partial charge in [0.15, 0.2) is 0 Å². The van der Waals surface area contributed by atoms with Gasteiger partial charge in [-0.05, 0) is 31.2 Å². The first-order valence-corrected chi connectivity index (χ1v) is 8.19. The molecule has 0 aliphatic rings. The molecule has 0 aliphatic carbocycles. The van der Waals surface area contributed by atoms with Gasteiger partial charge in [-0.3, -0.25) is 9.40 Å². The highest BCUT2D eigenvalue weighted by molar-refractivity contribution is 7.92. The smallest absolute Gasteiger partial charge is 0.229 e. The number of aryl methyl sites for hydroxylation is 1. The van der Waals surface area contributed by atoms with E-state index in [0.717, 1.165) is 24.2 Å². The minimum Gasteiger partial charge on any atom is -0.379 e. The van der Waals surface area contributed by atoms with E-state index in [4.69, 9.17) is 0 Å². The fourth-order valence-corrected chi connectivity index (χ4v) is 2.45. The molecule has 1 aromatic heterocycles. The van der Waals surface area contributed by atoms with Gasteiger partial charge in [0.1, 0.15) is 0 Å². The number of hydrogen-bond acceptors (Lipinski definition) is 4. The van der Waals surface area contributed by atoms with E-state index in [0.29, 0.717) is 12.2 Å². The molecule has 0 amide bonds. The maximum atomic E-state index is 11.2. The summed E-state index contributed by atoms with van der Waals surface area (Å²) in [5.74, 6) is 0. The third kappa shape index (κ3) is 3.99. The average molecular weight is 294 g/mol. The molecule has 1 aromatic carbocycles. The SMILES string of the molecule is CCn1nccc1CNc1cccc(NS(C)(=O)=O)c1. The van der Waals surface area contributed by atoms with E-state index in [-0.39, 0.29) is 0 Å². The highest BCUT2D eigenvalue weighted by atomic mass is 32.2. The van der Waals surface area contributed by atoms with Crippen LogP contribution in [0.5, 0.6) is 0 Å². The molecule has 0 unspecified atom stereocenters. The zero-order valence-electron chi connectivity index (χ0n) is 11.5. The van der Waals surface area contributed by atoms with E-state index >= 15 is 0 Å². The summed E-state index contributed by atoms with van der Waals surface area (Å²) in [7, 11) is -3.25. The summed E-state index contributed by atoms with van der Waals surface area (Å²) in [5.41, 5.74) is 2.47. The molecule has 0 saturated heterocycles. The van der Waals surface area contributed by atoms with Crippen LogP contribution in [-0.4, -0.2) is 24.5 Å². The van der Waals surface area contributed by atoms with Crippen LogP contribution in [0.3, 0.4) is 0 Å². The first-order valence-electron chi connectivity index (χ1n) is 6.30. The number of hydrogen-bond donors (Lipinski definition) is 2. The Labute approximate surface area is 118 Å². The molecule has 2 aromatic rings. The number of nitrogens with one attached hydrogen (secondary N) is 2. The Bertz CT molecular complexity index is 679. The van der Waals surface area contributed by atoms with Gasteiger partial charge in [0.05, 0.1) is 24.2 Å². The molecule has 2 N–H and O–H groups in total. The predicted octanol–water partition coefficient (Wildman–Crippen LogP) is 1.89. The average Bonchev–Trinajstić information content (AvgIpc) is 2.82. The minimum absolute atomic E-state index is 0.543. The summed E-state index contributed by atoms with van der Waals surface area (Å²) < 4.78 is 26.8. The molecular weight excluding hydrogens is 276 g/mol. The zero-order valence-corrected chi connectivity index (χ0v) is 12.3. The van der Waals surface area contributed by atoms with Crippen molar-refractivity contribution in [3.05, 3.63) is 42.2 Å². The van der Waals surface area contributed by atoms with Gasteiger partial charge in [0, 0.05) is 18.4 Å². The molecule has 0 atom stereocenters. The lowest BCUT2D eigenvalue weighted by molar-refractivity contribution is 0.607. The van der Waals surface area contributed by atoms with E-state index < -0.39 is 10.0 Å². The molecule has 108 valence electrons. The van der Waals surface area contributed by atoms with Crippen LogP contribution in [0.2, 0.25) is 0 Å². The second-order valence-electron chi connectivity index (χ2n) is 4.45. The maximum absolute atomic E-state index is 11.2. The molecule has 0 radical (unpaired) electrons. The Morgan fingerprint density at radius 2 is 2.00 bits per heavy atom. The zero-order chi connectivity index (χ0) is 14.6. The third-order valence-corrected chi connectivity index (χ3v) is 3.35. The Morgan fingerprint density at radius 3 is 2.70 bits per heavy atom. The number of rotatable bonds is 6. The van der Waals surface area contributed by atoms with E-state index in [1.165, 1.54) is 0 Å². The summed E-state index contributed by atoms with van der Waals surface area (Å²) in [6, 6.07) is 9.11. The van der Waals surface area contributed by atoms with Crippen molar-refractivity contribution >= 4 is 21.4 Å². The molecule has 0 fully saturated rings. The van der Waals surface area contributed by atoms with Crippen LogP contribution in [0.4, 0.5) is 11.4 Å². The van der Waals surface area contributed by atoms with Crippen molar-refractivity contribution in [3.8, 4) is 0 Å². The van der Waals surface area contributed by atoms with Crippen LogP contribution in [0.25, 0.3) is 0 Å². The van der Waals surface area contributed by atoms with Crippen LogP contribution in [0, 0.1) is 0 Å². The van der Waals surface area contributed by atoms with Gasteiger partial charge in [0.25, 0.3) is 0 Å². The highest BCUT2D eigenvalue weighted by Crippen LogP contribution is 2.16. The van der Waals surface area contributed by atoms with Gasteiger partial charge < -0.3 is 5.32 Å². The number of nitrogens with zero attached hydrogens (tertiary/aromatic N) is 2. The third-order valence-electron chi connectivity index (χ3n) is 2.74. The van der Waals surface area contributed by atoms with E-state index in [2.05, 4.69) is 15.1 Å². The number of benzene rings is 1. The second kappa shape index (κ2) is 5.96. The fraction of sp³-hybridized carbons (Fsp3) is 0.308. The first-order chi connectivity index (χ1) is 9.48.